The Morgan fingerprint density at radius 1 is 1.16 bits per heavy atom. The van der Waals surface area contributed by atoms with Crippen LogP contribution >= 0.6 is 11.3 Å². The zero-order valence-corrected chi connectivity index (χ0v) is 15.1. The summed E-state index contributed by atoms with van der Waals surface area (Å²) >= 11 is 1.65. The Hall–Kier alpha value is -1.89. The van der Waals surface area contributed by atoms with Crippen molar-refractivity contribution in [1.29, 1.82) is 0 Å². The highest BCUT2D eigenvalue weighted by Crippen LogP contribution is 2.46. The Bertz CT molecular complexity index is 1010. The summed E-state index contributed by atoms with van der Waals surface area (Å²) in [6, 6.07) is 9.83. The molecule has 1 saturated heterocycles. The summed E-state index contributed by atoms with van der Waals surface area (Å²) in [5.41, 5.74) is 4.33. The van der Waals surface area contributed by atoms with Gasteiger partial charge in [-0.15, -0.1) is 0 Å². The van der Waals surface area contributed by atoms with Gasteiger partial charge in [0, 0.05) is 31.1 Å². The summed E-state index contributed by atoms with van der Waals surface area (Å²) in [7, 11) is -3.24. The number of likely N-dealkylation sites (tertiary alicyclic amines) is 1. The van der Waals surface area contributed by atoms with Gasteiger partial charge < -0.3 is 4.42 Å². The molecular formula is C19H17NO3S2. The number of rotatable bonds is 3. The van der Waals surface area contributed by atoms with E-state index in [-0.39, 0.29) is 11.2 Å². The highest BCUT2D eigenvalue weighted by molar-refractivity contribution is 7.92. The molecule has 2 aliphatic heterocycles. The van der Waals surface area contributed by atoms with Gasteiger partial charge in [-0.25, -0.2) is 8.42 Å². The van der Waals surface area contributed by atoms with Crippen molar-refractivity contribution in [3.05, 3.63) is 64.7 Å². The summed E-state index contributed by atoms with van der Waals surface area (Å²) < 4.78 is 31.1. The molecule has 128 valence electrons. The van der Waals surface area contributed by atoms with Crippen LogP contribution in [-0.4, -0.2) is 31.7 Å². The van der Waals surface area contributed by atoms with Crippen molar-refractivity contribution in [3.8, 4) is 11.1 Å². The summed E-state index contributed by atoms with van der Waals surface area (Å²) in [6.07, 6.45) is 3.39. The second kappa shape index (κ2) is 5.56. The lowest BCUT2D eigenvalue weighted by Gasteiger charge is -2.16. The van der Waals surface area contributed by atoms with Gasteiger partial charge in [0.15, 0.2) is 9.84 Å². The minimum Gasteiger partial charge on any atom is -0.472 e. The molecule has 2 aromatic heterocycles. The molecule has 25 heavy (non-hydrogen) atoms. The molecule has 0 spiro atoms. The fourth-order valence-corrected chi connectivity index (χ4v) is 6.96. The van der Waals surface area contributed by atoms with Crippen molar-refractivity contribution in [2.24, 2.45) is 0 Å². The van der Waals surface area contributed by atoms with Gasteiger partial charge in [-0.3, -0.25) is 4.90 Å². The van der Waals surface area contributed by atoms with E-state index in [0.717, 1.165) is 35.3 Å². The predicted octanol–water partition coefficient (Wildman–Crippen LogP) is 3.76. The maximum Gasteiger partial charge on any atom is 0.183 e. The molecule has 0 amide bonds. The van der Waals surface area contributed by atoms with Crippen LogP contribution in [0.2, 0.25) is 0 Å². The zero-order valence-electron chi connectivity index (χ0n) is 13.5. The SMILES string of the molecule is O=S1(=O)c2ccc(-c3ccsc3)cc2C2CN(Cc3ccoc3)CC21. The average Bonchev–Trinajstić information content (AvgIpc) is 3.37. The van der Waals surface area contributed by atoms with Crippen molar-refractivity contribution < 1.29 is 12.8 Å². The van der Waals surface area contributed by atoms with E-state index in [1.807, 2.05) is 17.5 Å². The number of nitrogens with zero attached hydrogens (tertiary/aromatic N) is 1. The molecule has 1 fully saturated rings. The highest BCUT2D eigenvalue weighted by atomic mass is 32.2. The Balaban J connectivity index is 1.51. The maximum absolute atomic E-state index is 13.0. The molecule has 0 bridgehead atoms. The van der Waals surface area contributed by atoms with Crippen LogP contribution < -0.4 is 0 Å². The molecule has 4 heterocycles. The first-order valence-electron chi connectivity index (χ1n) is 8.27. The molecule has 2 atom stereocenters. The molecule has 1 aromatic carbocycles. The lowest BCUT2D eigenvalue weighted by molar-refractivity contribution is 0.324. The van der Waals surface area contributed by atoms with Crippen LogP contribution in [0.3, 0.4) is 0 Å². The van der Waals surface area contributed by atoms with Crippen LogP contribution in [0.1, 0.15) is 17.0 Å². The van der Waals surface area contributed by atoms with Gasteiger partial charge in [-0.1, -0.05) is 6.07 Å². The van der Waals surface area contributed by atoms with Crippen LogP contribution in [0.5, 0.6) is 0 Å². The standard InChI is InChI=1S/C19H17NO3S2/c21-25(22)18-2-1-14(15-4-6-24-12-15)7-16(18)17-9-20(10-19(17)25)8-13-3-5-23-11-13/h1-7,11-12,17,19H,8-10H2. The number of sulfone groups is 1. The first-order valence-corrected chi connectivity index (χ1v) is 10.8. The Morgan fingerprint density at radius 2 is 2.08 bits per heavy atom. The smallest absolute Gasteiger partial charge is 0.183 e. The number of benzene rings is 1. The van der Waals surface area contributed by atoms with Gasteiger partial charge >= 0.3 is 0 Å². The van der Waals surface area contributed by atoms with E-state index >= 15 is 0 Å². The van der Waals surface area contributed by atoms with Crippen LogP contribution in [0.25, 0.3) is 11.1 Å². The quantitative estimate of drug-likeness (QED) is 0.703. The topological polar surface area (TPSA) is 50.5 Å². The predicted molar refractivity (Wildman–Crippen MR) is 97.5 cm³/mol. The second-order valence-electron chi connectivity index (χ2n) is 6.78. The summed E-state index contributed by atoms with van der Waals surface area (Å²) in [5.74, 6) is 0.0606. The van der Waals surface area contributed by atoms with Crippen molar-refractivity contribution in [1.82, 2.24) is 4.90 Å². The summed E-state index contributed by atoms with van der Waals surface area (Å²) in [6.45, 7) is 2.09. The fraction of sp³-hybridized carbons (Fsp3) is 0.263. The first kappa shape index (κ1) is 15.4. The normalized spacial score (nSPS) is 24.3. The van der Waals surface area contributed by atoms with E-state index in [0.29, 0.717) is 11.4 Å². The van der Waals surface area contributed by atoms with Gasteiger partial charge in [0.2, 0.25) is 0 Å². The third-order valence-electron chi connectivity index (χ3n) is 5.30. The molecular weight excluding hydrogens is 354 g/mol. The third-order valence-corrected chi connectivity index (χ3v) is 8.24. The van der Waals surface area contributed by atoms with Crippen molar-refractivity contribution in [2.75, 3.05) is 13.1 Å². The average molecular weight is 371 g/mol. The summed E-state index contributed by atoms with van der Waals surface area (Å²) in [4.78, 5) is 2.75. The monoisotopic (exact) mass is 371 g/mol. The molecule has 0 aliphatic carbocycles. The molecule has 2 aliphatic rings. The van der Waals surface area contributed by atoms with E-state index in [4.69, 9.17) is 4.42 Å². The number of furan rings is 1. The molecule has 4 nitrogen and oxygen atoms in total. The minimum atomic E-state index is -3.24. The lowest BCUT2D eigenvalue weighted by atomic mass is 9.95. The maximum atomic E-state index is 13.0. The van der Waals surface area contributed by atoms with E-state index in [9.17, 15) is 8.42 Å². The molecule has 6 heteroatoms. The van der Waals surface area contributed by atoms with Crippen molar-refractivity contribution >= 4 is 21.2 Å². The first-order chi connectivity index (χ1) is 12.1. The largest absolute Gasteiger partial charge is 0.472 e. The van der Waals surface area contributed by atoms with Gasteiger partial charge in [0.25, 0.3) is 0 Å². The van der Waals surface area contributed by atoms with Gasteiger partial charge in [-0.05, 0) is 51.7 Å². The molecule has 0 radical (unpaired) electrons. The van der Waals surface area contributed by atoms with E-state index in [1.165, 1.54) is 0 Å². The summed E-state index contributed by atoms with van der Waals surface area (Å²) in [5, 5.41) is 3.82. The third kappa shape index (κ3) is 2.39. The highest BCUT2D eigenvalue weighted by Gasteiger charge is 2.50. The van der Waals surface area contributed by atoms with Crippen LogP contribution in [0.4, 0.5) is 0 Å². The van der Waals surface area contributed by atoms with Gasteiger partial charge in [0.05, 0.1) is 22.7 Å². The zero-order chi connectivity index (χ0) is 17.0. The van der Waals surface area contributed by atoms with Crippen LogP contribution in [-0.2, 0) is 16.4 Å². The molecule has 0 N–H and O–H groups in total. The Kier molecular flexibility index (Phi) is 3.42. The molecule has 5 rings (SSSR count). The van der Waals surface area contributed by atoms with Crippen LogP contribution in [0, 0.1) is 0 Å². The van der Waals surface area contributed by atoms with E-state index in [1.54, 1.807) is 29.9 Å². The minimum absolute atomic E-state index is 0.0606. The lowest BCUT2D eigenvalue weighted by Crippen LogP contribution is -2.25. The Labute approximate surface area is 150 Å². The molecule has 0 saturated carbocycles. The van der Waals surface area contributed by atoms with Crippen molar-refractivity contribution in [3.63, 3.8) is 0 Å². The van der Waals surface area contributed by atoms with E-state index in [2.05, 4.69) is 22.4 Å². The number of hydrogen-bond donors (Lipinski definition) is 0. The number of thiophene rings is 1. The van der Waals surface area contributed by atoms with Crippen molar-refractivity contribution in [2.45, 2.75) is 22.6 Å². The number of fused-ring (bicyclic) bond motifs is 3. The molecule has 2 unspecified atom stereocenters. The Morgan fingerprint density at radius 3 is 2.84 bits per heavy atom. The second-order valence-corrected chi connectivity index (χ2v) is 9.70. The van der Waals surface area contributed by atoms with Gasteiger partial charge in [0.1, 0.15) is 0 Å². The molecule has 3 aromatic rings. The van der Waals surface area contributed by atoms with E-state index < -0.39 is 9.84 Å². The number of hydrogen-bond acceptors (Lipinski definition) is 5. The van der Waals surface area contributed by atoms with Crippen LogP contribution in [0.15, 0.2) is 62.9 Å². The van der Waals surface area contributed by atoms with Gasteiger partial charge in [-0.2, -0.15) is 11.3 Å². The fourth-order valence-electron chi connectivity index (χ4n) is 4.10.